The van der Waals surface area contributed by atoms with Crippen LogP contribution in [0.2, 0.25) is 0 Å². The van der Waals surface area contributed by atoms with Crippen molar-refractivity contribution in [1.29, 1.82) is 0 Å². The molecule has 5 nitrogen and oxygen atoms in total. The number of sulfone groups is 1. The first-order valence-electron chi connectivity index (χ1n) is 5.75. The average molecular weight is 263 g/mol. The van der Waals surface area contributed by atoms with Crippen LogP contribution in [0.3, 0.4) is 0 Å². The van der Waals surface area contributed by atoms with Gasteiger partial charge in [-0.1, -0.05) is 6.92 Å². The van der Waals surface area contributed by atoms with Gasteiger partial charge in [0.15, 0.2) is 9.84 Å². The van der Waals surface area contributed by atoms with Gasteiger partial charge < -0.3 is 10.1 Å². The zero-order valence-electron chi connectivity index (χ0n) is 10.8. The fourth-order valence-electron chi connectivity index (χ4n) is 2.19. The van der Waals surface area contributed by atoms with Gasteiger partial charge in [-0.25, -0.2) is 8.42 Å². The van der Waals surface area contributed by atoms with Gasteiger partial charge in [0.05, 0.1) is 24.5 Å². The maximum absolute atomic E-state index is 11.5. The Balaban J connectivity index is 2.63. The van der Waals surface area contributed by atoms with Crippen LogP contribution in [0.5, 0.6) is 0 Å². The SMILES string of the molecule is COC(=O)C(C)C(C)NC1(C)CCS(=O)(=O)C1. The molecule has 0 aliphatic carbocycles. The lowest BCUT2D eigenvalue weighted by Crippen LogP contribution is -2.51. The Bertz CT molecular complexity index is 392. The van der Waals surface area contributed by atoms with Gasteiger partial charge in [-0.15, -0.1) is 0 Å². The molecular formula is C11H21NO4S. The number of rotatable bonds is 4. The Hall–Kier alpha value is -0.620. The summed E-state index contributed by atoms with van der Waals surface area (Å²) in [4.78, 5) is 11.4. The van der Waals surface area contributed by atoms with Crippen LogP contribution in [0, 0.1) is 5.92 Å². The molecule has 0 bridgehead atoms. The Kier molecular flexibility index (Phi) is 4.19. The van der Waals surface area contributed by atoms with E-state index in [1.165, 1.54) is 7.11 Å². The van der Waals surface area contributed by atoms with Crippen LogP contribution in [0.25, 0.3) is 0 Å². The Morgan fingerprint density at radius 2 is 2.00 bits per heavy atom. The minimum absolute atomic E-state index is 0.110. The van der Waals surface area contributed by atoms with Gasteiger partial charge in [0.2, 0.25) is 0 Å². The summed E-state index contributed by atoms with van der Waals surface area (Å²) in [6.07, 6.45) is 0.591. The molecule has 0 aromatic heterocycles. The number of methoxy groups -OCH3 is 1. The molecule has 0 aromatic carbocycles. The van der Waals surface area contributed by atoms with Crippen molar-refractivity contribution in [3.8, 4) is 0 Å². The van der Waals surface area contributed by atoms with E-state index in [0.717, 1.165) is 0 Å². The zero-order chi connectivity index (χ0) is 13.3. The minimum atomic E-state index is -2.93. The normalized spacial score (nSPS) is 30.8. The maximum Gasteiger partial charge on any atom is 0.309 e. The van der Waals surface area contributed by atoms with Gasteiger partial charge in [0.1, 0.15) is 0 Å². The molecule has 1 rings (SSSR count). The molecule has 0 aromatic rings. The highest BCUT2D eigenvalue weighted by Crippen LogP contribution is 2.24. The molecule has 1 N–H and O–H groups in total. The van der Waals surface area contributed by atoms with Gasteiger partial charge in [0, 0.05) is 11.6 Å². The van der Waals surface area contributed by atoms with Crippen LogP contribution >= 0.6 is 0 Å². The van der Waals surface area contributed by atoms with Gasteiger partial charge in [0.25, 0.3) is 0 Å². The average Bonchev–Trinajstić information content (AvgIpc) is 2.50. The molecule has 0 spiro atoms. The molecule has 1 aliphatic rings. The molecule has 1 fully saturated rings. The number of hydrogen-bond donors (Lipinski definition) is 1. The summed E-state index contributed by atoms with van der Waals surface area (Å²) in [5.41, 5.74) is -0.430. The Labute approximate surface area is 103 Å². The summed E-state index contributed by atoms with van der Waals surface area (Å²) >= 11 is 0. The van der Waals surface area contributed by atoms with E-state index in [9.17, 15) is 13.2 Å². The number of nitrogens with one attached hydrogen (secondary N) is 1. The summed E-state index contributed by atoms with van der Waals surface area (Å²) in [5.74, 6) is -0.219. The second kappa shape index (κ2) is 4.94. The Morgan fingerprint density at radius 1 is 1.41 bits per heavy atom. The first-order valence-corrected chi connectivity index (χ1v) is 7.57. The molecule has 100 valence electrons. The number of hydrogen-bond acceptors (Lipinski definition) is 5. The Morgan fingerprint density at radius 3 is 2.41 bits per heavy atom. The molecule has 1 heterocycles. The topological polar surface area (TPSA) is 72.5 Å². The van der Waals surface area contributed by atoms with E-state index in [1.807, 2.05) is 13.8 Å². The van der Waals surface area contributed by atoms with Crippen molar-refractivity contribution in [1.82, 2.24) is 5.32 Å². The van der Waals surface area contributed by atoms with Crippen molar-refractivity contribution in [2.45, 2.75) is 38.8 Å². The van der Waals surface area contributed by atoms with E-state index in [2.05, 4.69) is 10.1 Å². The van der Waals surface area contributed by atoms with Crippen LogP contribution < -0.4 is 5.32 Å². The van der Waals surface area contributed by atoms with Crippen LogP contribution in [0.15, 0.2) is 0 Å². The van der Waals surface area contributed by atoms with Crippen molar-refractivity contribution in [2.75, 3.05) is 18.6 Å². The second-order valence-electron chi connectivity index (χ2n) is 5.15. The fourth-order valence-corrected chi connectivity index (χ4v) is 4.29. The van der Waals surface area contributed by atoms with E-state index in [-0.39, 0.29) is 29.4 Å². The van der Waals surface area contributed by atoms with Crippen molar-refractivity contribution in [2.24, 2.45) is 5.92 Å². The van der Waals surface area contributed by atoms with Crippen molar-refractivity contribution >= 4 is 15.8 Å². The lowest BCUT2D eigenvalue weighted by Gasteiger charge is -2.30. The molecule has 0 radical (unpaired) electrons. The summed E-state index contributed by atoms with van der Waals surface area (Å²) in [6.45, 7) is 5.53. The van der Waals surface area contributed by atoms with E-state index < -0.39 is 15.4 Å². The van der Waals surface area contributed by atoms with Gasteiger partial charge in [-0.05, 0) is 20.3 Å². The highest BCUT2D eigenvalue weighted by molar-refractivity contribution is 7.91. The number of esters is 1. The quantitative estimate of drug-likeness (QED) is 0.741. The molecule has 6 heteroatoms. The monoisotopic (exact) mass is 263 g/mol. The fraction of sp³-hybridized carbons (Fsp3) is 0.909. The summed E-state index contributed by atoms with van der Waals surface area (Å²) in [6, 6.07) is -0.110. The van der Waals surface area contributed by atoms with Gasteiger partial charge in [-0.3, -0.25) is 4.79 Å². The first-order chi connectivity index (χ1) is 7.69. The number of ether oxygens (including phenoxy) is 1. The van der Waals surface area contributed by atoms with Crippen molar-refractivity contribution in [3.05, 3.63) is 0 Å². The van der Waals surface area contributed by atoms with E-state index in [1.54, 1.807) is 6.92 Å². The van der Waals surface area contributed by atoms with Crippen molar-refractivity contribution < 1.29 is 17.9 Å². The maximum atomic E-state index is 11.5. The minimum Gasteiger partial charge on any atom is -0.469 e. The van der Waals surface area contributed by atoms with Gasteiger partial charge in [-0.2, -0.15) is 0 Å². The predicted molar refractivity (Wildman–Crippen MR) is 65.5 cm³/mol. The van der Waals surface area contributed by atoms with Crippen LogP contribution in [-0.4, -0.2) is 44.6 Å². The summed E-state index contributed by atoms with van der Waals surface area (Å²) < 4.78 is 27.6. The molecule has 3 unspecified atom stereocenters. The molecular weight excluding hydrogens is 242 g/mol. The summed E-state index contributed by atoms with van der Waals surface area (Å²) in [5, 5.41) is 3.25. The third kappa shape index (κ3) is 3.67. The molecule has 0 amide bonds. The smallest absolute Gasteiger partial charge is 0.309 e. The first kappa shape index (κ1) is 14.4. The number of carbonyl (C=O) groups is 1. The molecule has 17 heavy (non-hydrogen) atoms. The van der Waals surface area contributed by atoms with E-state index >= 15 is 0 Å². The van der Waals surface area contributed by atoms with E-state index in [0.29, 0.717) is 6.42 Å². The number of carbonyl (C=O) groups excluding carboxylic acids is 1. The lowest BCUT2D eigenvalue weighted by molar-refractivity contribution is -0.145. The van der Waals surface area contributed by atoms with Gasteiger partial charge >= 0.3 is 5.97 Å². The third-order valence-electron chi connectivity index (χ3n) is 3.40. The van der Waals surface area contributed by atoms with E-state index in [4.69, 9.17) is 0 Å². The second-order valence-corrected chi connectivity index (χ2v) is 7.33. The highest BCUT2D eigenvalue weighted by Gasteiger charge is 2.40. The molecule has 3 atom stereocenters. The summed E-state index contributed by atoms with van der Waals surface area (Å²) in [7, 11) is -1.58. The highest BCUT2D eigenvalue weighted by atomic mass is 32.2. The van der Waals surface area contributed by atoms with Crippen molar-refractivity contribution in [3.63, 3.8) is 0 Å². The molecule has 1 aliphatic heterocycles. The third-order valence-corrected chi connectivity index (χ3v) is 5.31. The van der Waals surface area contributed by atoms with Crippen LogP contribution in [0.4, 0.5) is 0 Å². The molecule has 0 saturated carbocycles. The van der Waals surface area contributed by atoms with Crippen LogP contribution in [0.1, 0.15) is 27.2 Å². The van der Waals surface area contributed by atoms with Crippen LogP contribution in [-0.2, 0) is 19.4 Å². The lowest BCUT2D eigenvalue weighted by atomic mass is 9.96. The molecule has 1 saturated heterocycles. The largest absolute Gasteiger partial charge is 0.469 e. The predicted octanol–water partition coefficient (Wildman–Crippen LogP) is 0.351. The standard InChI is InChI=1S/C11H21NO4S/c1-8(10(13)16-4)9(2)12-11(3)5-6-17(14,15)7-11/h8-9,12H,5-7H2,1-4H3. The zero-order valence-corrected chi connectivity index (χ0v) is 11.6.